The molecule has 0 radical (unpaired) electrons. The number of carbonyl (C=O) groups is 1. The van der Waals surface area contributed by atoms with Crippen molar-refractivity contribution < 1.29 is 13.2 Å². The maximum absolute atomic E-state index is 13.0. The van der Waals surface area contributed by atoms with E-state index in [1.54, 1.807) is 21.3 Å². The van der Waals surface area contributed by atoms with Gasteiger partial charge in [0.15, 0.2) is 0 Å². The molecule has 2 aromatic carbocycles. The number of carbonyl (C=O) groups excluding carboxylic acids is 1. The van der Waals surface area contributed by atoms with Gasteiger partial charge in [-0.15, -0.1) is 0 Å². The molecular formula is C25H32N4O3S. The lowest BCUT2D eigenvalue weighted by atomic mass is 10.1. The molecule has 176 valence electrons. The van der Waals surface area contributed by atoms with E-state index in [1.165, 1.54) is 0 Å². The Balaban J connectivity index is 1.48. The summed E-state index contributed by atoms with van der Waals surface area (Å²) in [5.74, 6) is 0.818. The molecule has 33 heavy (non-hydrogen) atoms. The Kier molecular flexibility index (Phi) is 6.86. The van der Waals surface area contributed by atoms with Crippen molar-refractivity contribution in [2.45, 2.75) is 50.0 Å². The largest absolute Gasteiger partial charge is 0.339 e. The van der Waals surface area contributed by atoms with Crippen LogP contribution in [-0.2, 0) is 28.3 Å². The average Bonchev–Trinajstić information content (AvgIpc) is 3.17. The first-order valence-electron chi connectivity index (χ1n) is 11.5. The molecule has 4 rings (SSSR count). The van der Waals surface area contributed by atoms with Gasteiger partial charge in [0.25, 0.3) is 0 Å². The number of aryl methyl sites for hydroxylation is 2. The van der Waals surface area contributed by atoms with Crippen LogP contribution in [0.1, 0.15) is 50.0 Å². The first-order valence-corrected chi connectivity index (χ1v) is 13.0. The quantitative estimate of drug-likeness (QED) is 0.527. The van der Waals surface area contributed by atoms with E-state index >= 15 is 0 Å². The number of hydrogen-bond acceptors (Lipinski definition) is 4. The van der Waals surface area contributed by atoms with Gasteiger partial charge in [-0.2, -0.15) is 4.31 Å². The van der Waals surface area contributed by atoms with Crippen LogP contribution in [0.25, 0.3) is 11.0 Å². The number of sulfonamides is 1. The van der Waals surface area contributed by atoms with Crippen LogP contribution in [0, 0.1) is 0 Å². The summed E-state index contributed by atoms with van der Waals surface area (Å²) in [6.45, 7) is 3.17. The predicted molar refractivity (Wildman–Crippen MR) is 129 cm³/mol. The zero-order valence-electron chi connectivity index (χ0n) is 19.6. The number of nitrogens with zero attached hydrogens (tertiary/aromatic N) is 4. The van der Waals surface area contributed by atoms with Crippen molar-refractivity contribution in [3.63, 3.8) is 0 Å². The molecule has 1 amide bonds. The van der Waals surface area contributed by atoms with Crippen molar-refractivity contribution in [2.75, 3.05) is 20.1 Å². The summed E-state index contributed by atoms with van der Waals surface area (Å²) in [6, 6.07) is 15.1. The fraction of sp³-hybridized carbons (Fsp3) is 0.440. The summed E-state index contributed by atoms with van der Waals surface area (Å²) in [4.78, 5) is 19.5. The minimum atomic E-state index is -3.51. The summed E-state index contributed by atoms with van der Waals surface area (Å²) in [7, 11) is 0.226. The third kappa shape index (κ3) is 4.82. The number of fused-ring (bicyclic) bond motifs is 1. The Labute approximate surface area is 196 Å². The van der Waals surface area contributed by atoms with Gasteiger partial charge < -0.3 is 9.47 Å². The van der Waals surface area contributed by atoms with Crippen LogP contribution in [0.3, 0.4) is 0 Å². The van der Waals surface area contributed by atoms with Gasteiger partial charge in [0.2, 0.25) is 15.9 Å². The monoisotopic (exact) mass is 468 g/mol. The SMILES string of the molecule is C[C@H](c1ccccc1)N(C)C(=O)CCc1nc2cc(S(=O)(=O)N3CCCCC3)ccc2n1C. The van der Waals surface area contributed by atoms with E-state index in [1.807, 2.05) is 62.0 Å². The van der Waals surface area contributed by atoms with Crippen LogP contribution < -0.4 is 0 Å². The van der Waals surface area contributed by atoms with E-state index < -0.39 is 10.0 Å². The second-order valence-corrected chi connectivity index (χ2v) is 10.7. The number of hydrogen-bond donors (Lipinski definition) is 0. The second-order valence-electron chi connectivity index (χ2n) is 8.79. The molecule has 3 aromatic rings. The number of aromatic nitrogens is 2. The normalized spacial score (nSPS) is 16.1. The third-order valence-corrected chi connectivity index (χ3v) is 8.61. The van der Waals surface area contributed by atoms with Gasteiger partial charge in [-0.25, -0.2) is 13.4 Å². The molecule has 2 heterocycles. The number of amides is 1. The van der Waals surface area contributed by atoms with E-state index in [4.69, 9.17) is 0 Å². The molecule has 1 aliphatic rings. The highest BCUT2D eigenvalue weighted by atomic mass is 32.2. The molecule has 1 saturated heterocycles. The second kappa shape index (κ2) is 9.65. The van der Waals surface area contributed by atoms with Crippen molar-refractivity contribution in [3.8, 4) is 0 Å². The molecule has 0 aliphatic carbocycles. The first kappa shape index (κ1) is 23.4. The molecule has 0 bridgehead atoms. The Morgan fingerprint density at radius 2 is 1.79 bits per heavy atom. The maximum atomic E-state index is 13.0. The standard InChI is InChI=1S/C25H32N4O3S/c1-19(20-10-6-4-7-11-20)27(2)25(30)15-14-24-26-22-18-21(12-13-23(22)28(24)3)33(31,32)29-16-8-5-9-17-29/h4,6-7,10-13,18-19H,5,8-9,14-17H2,1-3H3/t19-/m1/s1. The Morgan fingerprint density at radius 3 is 2.48 bits per heavy atom. The van der Waals surface area contributed by atoms with Crippen LogP contribution >= 0.6 is 0 Å². The van der Waals surface area contributed by atoms with Gasteiger partial charge in [-0.1, -0.05) is 36.8 Å². The average molecular weight is 469 g/mol. The lowest BCUT2D eigenvalue weighted by Gasteiger charge is -2.25. The molecule has 0 N–H and O–H groups in total. The van der Waals surface area contributed by atoms with Crippen LogP contribution in [0.2, 0.25) is 0 Å². The van der Waals surface area contributed by atoms with Gasteiger partial charge in [-0.3, -0.25) is 4.79 Å². The van der Waals surface area contributed by atoms with Gasteiger partial charge in [0.05, 0.1) is 22.0 Å². The van der Waals surface area contributed by atoms with E-state index in [2.05, 4.69) is 4.98 Å². The van der Waals surface area contributed by atoms with Gasteiger partial charge >= 0.3 is 0 Å². The Hall–Kier alpha value is -2.71. The molecule has 7 nitrogen and oxygen atoms in total. The summed E-state index contributed by atoms with van der Waals surface area (Å²) >= 11 is 0. The number of piperidine rings is 1. The fourth-order valence-corrected chi connectivity index (χ4v) is 5.97. The molecule has 0 unspecified atom stereocenters. The lowest BCUT2D eigenvalue weighted by molar-refractivity contribution is -0.131. The minimum absolute atomic E-state index is 0.0123. The molecule has 1 aromatic heterocycles. The lowest BCUT2D eigenvalue weighted by Crippen LogP contribution is -2.35. The zero-order chi connectivity index (χ0) is 23.6. The van der Waals surface area contributed by atoms with Crippen molar-refractivity contribution in [2.24, 2.45) is 7.05 Å². The van der Waals surface area contributed by atoms with E-state index in [9.17, 15) is 13.2 Å². The Morgan fingerprint density at radius 1 is 1.09 bits per heavy atom. The molecule has 1 aliphatic heterocycles. The van der Waals surface area contributed by atoms with Crippen molar-refractivity contribution in [3.05, 3.63) is 59.9 Å². The topological polar surface area (TPSA) is 75.5 Å². The first-order chi connectivity index (χ1) is 15.8. The summed E-state index contributed by atoms with van der Waals surface area (Å²) < 4.78 is 29.6. The molecule has 1 atom stereocenters. The molecule has 0 spiro atoms. The summed E-state index contributed by atoms with van der Waals surface area (Å²) in [5.41, 5.74) is 2.60. The van der Waals surface area contributed by atoms with Crippen molar-refractivity contribution in [1.29, 1.82) is 0 Å². The predicted octanol–water partition coefficient (Wildman–Crippen LogP) is 3.90. The summed E-state index contributed by atoms with van der Waals surface area (Å²) in [6.07, 6.45) is 3.71. The molecular weight excluding hydrogens is 436 g/mol. The molecule has 8 heteroatoms. The third-order valence-electron chi connectivity index (χ3n) is 6.72. The van der Waals surface area contributed by atoms with Gasteiger partial charge in [0.1, 0.15) is 5.82 Å². The van der Waals surface area contributed by atoms with E-state index in [0.29, 0.717) is 31.4 Å². The van der Waals surface area contributed by atoms with Gasteiger partial charge in [0, 0.05) is 40.0 Å². The van der Waals surface area contributed by atoms with Gasteiger partial charge in [-0.05, 0) is 43.5 Å². The van der Waals surface area contributed by atoms with E-state index in [-0.39, 0.29) is 16.8 Å². The van der Waals surface area contributed by atoms with Crippen molar-refractivity contribution >= 4 is 27.0 Å². The highest BCUT2D eigenvalue weighted by molar-refractivity contribution is 7.89. The van der Waals surface area contributed by atoms with Crippen LogP contribution in [-0.4, -0.2) is 53.2 Å². The highest BCUT2D eigenvalue weighted by Crippen LogP contribution is 2.25. The molecule has 0 saturated carbocycles. The zero-order valence-corrected chi connectivity index (χ0v) is 20.4. The van der Waals surface area contributed by atoms with Crippen LogP contribution in [0.4, 0.5) is 0 Å². The van der Waals surface area contributed by atoms with Crippen LogP contribution in [0.15, 0.2) is 53.4 Å². The maximum Gasteiger partial charge on any atom is 0.243 e. The van der Waals surface area contributed by atoms with E-state index in [0.717, 1.165) is 36.2 Å². The minimum Gasteiger partial charge on any atom is -0.339 e. The Bertz CT molecular complexity index is 1230. The highest BCUT2D eigenvalue weighted by Gasteiger charge is 2.26. The van der Waals surface area contributed by atoms with Crippen molar-refractivity contribution in [1.82, 2.24) is 18.8 Å². The fourth-order valence-electron chi connectivity index (χ4n) is 4.43. The number of rotatable bonds is 7. The summed E-state index contributed by atoms with van der Waals surface area (Å²) in [5, 5.41) is 0. The number of imidazole rings is 1. The van der Waals surface area contributed by atoms with Crippen LogP contribution in [0.5, 0.6) is 0 Å². The molecule has 1 fully saturated rings. The smallest absolute Gasteiger partial charge is 0.243 e. The number of benzene rings is 2.